The molecule has 138 valence electrons. The zero-order valence-corrected chi connectivity index (χ0v) is 15.9. The molecule has 1 aliphatic rings. The molecule has 5 nitrogen and oxygen atoms in total. The fourth-order valence-corrected chi connectivity index (χ4v) is 4.27. The first-order valence-corrected chi connectivity index (χ1v) is 9.97. The average Bonchev–Trinajstić information content (AvgIpc) is 3.26. The Labute approximate surface area is 158 Å². The Bertz CT molecular complexity index is 743. The Kier molecular flexibility index (Phi) is 6.04. The third-order valence-corrected chi connectivity index (χ3v) is 5.69. The molecular weight excluding hydrogens is 348 g/mol. The largest absolute Gasteiger partial charge is 0.467 e. The van der Waals surface area contributed by atoms with Crippen LogP contribution in [0.3, 0.4) is 0 Å². The van der Waals surface area contributed by atoms with Crippen LogP contribution in [-0.2, 0) is 11.3 Å². The molecule has 0 saturated carbocycles. The van der Waals surface area contributed by atoms with E-state index < -0.39 is 0 Å². The summed E-state index contributed by atoms with van der Waals surface area (Å²) in [5, 5.41) is 2.96. The molecule has 1 aromatic carbocycles. The summed E-state index contributed by atoms with van der Waals surface area (Å²) in [5.41, 5.74) is 1.66. The molecule has 1 saturated heterocycles. The molecule has 2 amide bonds. The molecule has 0 spiro atoms. The van der Waals surface area contributed by atoms with E-state index >= 15 is 0 Å². The Hall–Kier alpha value is -2.21. The molecule has 1 fully saturated rings. The van der Waals surface area contributed by atoms with Crippen LogP contribution in [0.15, 0.2) is 47.1 Å². The van der Waals surface area contributed by atoms with Gasteiger partial charge in [0, 0.05) is 11.6 Å². The number of amides is 2. The van der Waals surface area contributed by atoms with Gasteiger partial charge in [0.1, 0.15) is 11.1 Å². The van der Waals surface area contributed by atoms with Crippen LogP contribution in [0.1, 0.15) is 53.7 Å². The van der Waals surface area contributed by atoms with Gasteiger partial charge in [-0.25, -0.2) is 0 Å². The molecule has 0 radical (unpaired) electrons. The number of hydrogen-bond acceptors (Lipinski definition) is 4. The molecule has 0 unspecified atom stereocenters. The minimum absolute atomic E-state index is 0.0521. The maximum Gasteiger partial charge on any atom is 0.251 e. The molecule has 1 N–H and O–H groups in total. The molecular formula is C20H24N2O3S. The van der Waals surface area contributed by atoms with Gasteiger partial charge in [0.25, 0.3) is 5.91 Å². The van der Waals surface area contributed by atoms with E-state index in [9.17, 15) is 9.59 Å². The van der Waals surface area contributed by atoms with Crippen molar-refractivity contribution in [3.63, 3.8) is 0 Å². The second-order valence-electron chi connectivity index (χ2n) is 6.55. The lowest BCUT2D eigenvalue weighted by Crippen LogP contribution is -2.32. The van der Waals surface area contributed by atoms with Crippen molar-refractivity contribution < 1.29 is 14.0 Å². The van der Waals surface area contributed by atoms with Gasteiger partial charge in [-0.2, -0.15) is 0 Å². The van der Waals surface area contributed by atoms with Crippen LogP contribution in [0.4, 0.5) is 0 Å². The van der Waals surface area contributed by atoms with Gasteiger partial charge in [0.15, 0.2) is 0 Å². The summed E-state index contributed by atoms with van der Waals surface area (Å²) in [6.07, 6.45) is 3.62. The van der Waals surface area contributed by atoms with Gasteiger partial charge in [-0.1, -0.05) is 25.5 Å². The molecule has 2 heterocycles. The highest BCUT2D eigenvalue weighted by Crippen LogP contribution is 2.39. The average molecular weight is 372 g/mol. The van der Waals surface area contributed by atoms with Crippen molar-refractivity contribution in [1.82, 2.24) is 10.2 Å². The van der Waals surface area contributed by atoms with Crippen LogP contribution < -0.4 is 5.32 Å². The van der Waals surface area contributed by atoms with Gasteiger partial charge in [0.2, 0.25) is 5.91 Å². The second-order valence-corrected chi connectivity index (χ2v) is 7.62. The molecule has 2 atom stereocenters. The quantitative estimate of drug-likeness (QED) is 0.799. The Morgan fingerprint density at radius 2 is 2.12 bits per heavy atom. The lowest BCUT2D eigenvalue weighted by atomic mass is 10.1. The van der Waals surface area contributed by atoms with Crippen molar-refractivity contribution in [1.29, 1.82) is 0 Å². The van der Waals surface area contributed by atoms with Gasteiger partial charge in [-0.05, 0) is 43.2 Å². The summed E-state index contributed by atoms with van der Waals surface area (Å²) in [7, 11) is 0. The maximum atomic E-state index is 12.3. The van der Waals surface area contributed by atoms with E-state index in [0.29, 0.717) is 17.9 Å². The summed E-state index contributed by atoms with van der Waals surface area (Å²) in [6.45, 7) is 4.58. The van der Waals surface area contributed by atoms with Crippen molar-refractivity contribution in [3.8, 4) is 0 Å². The van der Waals surface area contributed by atoms with E-state index in [4.69, 9.17) is 4.42 Å². The van der Waals surface area contributed by atoms with E-state index in [1.54, 1.807) is 18.0 Å². The summed E-state index contributed by atoms with van der Waals surface area (Å²) in [6, 6.07) is 11.4. The van der Waals surface area contributed by atoms with Crippen molar-refractivity contribution in [2.45, 2.75) is 44.6 Å². The molecule has 2 aromatic rings. The highest BCUT2D eigenvalue weighted by Gasteiger charge is 2.33. The fourth-order valence-electron chi connectivity index (χ4n) is 3.08. The maximum absolute atomic E-state index is 12.3. The Morgan fingerprint density at radius 1 is 1.35 bits per heavy atom. The third kappa shape index (κ3) is 4.30. The van der Waals surface area contributed by atoms with E-state index in [-0.39, 0.29) is 23.2 Å². The van der Waals surface area contributed by atoms with Crippen molar-refractivity contribution >= 4 is 23.6 Å². The van der Waals surface area contributed by atoms with Crippen LogP contribution in [0.5, 0.6) is 0 Å². The molecule has 0 aliphatic carbocycles. The monoisotopic (exact) mass is 372 g/mol. The topological polar surface area (TPSA) is 62.6 Å². The van der Waals surface area contributed by atoms with Crippen LogP contribution >= 0.6 is 11.8 Å². The first-order valence-electron chi connectivity index (χ1n) is 8.92. The van der Waals surface area contributed by atoms with Crippen molar-refractivity contribution in [3.05, 3.63) is 59.5 Å². The number of carbonyl (C=O) groups excluding carboxylic acids is 2. The molecule has 26 heavy (non-hydrogen) atoms. The summed E-state index contributed by atoms with van der Waals surface area (Å²) in [4.78, 5) is 26.4. The minimum Gasteiger partial charge on any atom is -0.467 e. The highest BCUT2D eigenvalue weighted by molar-refractivity contribution is 8.00. The molecule has 6 heteroatoms. The van der Waals surface area contributed by atoms with Gasteiger partial charge < -0.3 is 14.6 Å². The summed E-state index contributed by atoms with van der Waals surface area (Å²) in [5.74, 6) is 1.28. The highest BCUT2D eigenvalue weighted by atomic mass is 32.2. The van der Waals surface area contributed by atoms with Gasteiger partial charge >= 0.3 is 0 Å². The number of carbonyl (C=O) groups is 2. The summed E-state index contributed by atoms with van der Waals surface area (Å²) < 4.78 is 5.38. The second kappa shape index (κ2) is 8.45. The standard InChI is InChI=1S/C20H24N2O3S/c1-3-5-14(2)21-19(24)15-7-9-16(10-8-15)20-22(18(23)13-26-20)12-17-6-4-11-25-17/h4,6-11,14,20H,3,5,12-13H2,1-2H3,(H,21,24)/t14-,20+/m1/s1. The van der Waals surface area contributed by atoms with Gasteiger partial charge in [-0.15, -0.1) is 11.8 Å². The lowest BCUT2D eigenvalue weighted by Gasteiger charge is -2.23. The van der Waals surface area contributed by atoms with Crippen molar-refractivity contribution in [2.24, 2.45) is 0 Å². The Balaban J connectivity index is 1.69. The molecule has 3 rings (SSSR count). The number of furan rings is 1. The number of benzene rings is 1. The fraction of sp³-hybridized carbons (Fsp3) is 0.400. The smallest absolute Gasteiger partial charge is 0.251 e. The SMILES string of the molecule is CCC[C@@H](C)NC(=O)c1ccc([C@@H]2SCC(=O)N2Cc2ccco2)cc1. The third-order valence-electron chi connectivity index (χ3n) is 4.43. The normalized spacial score (nSPS) is 18.2. The molecule has 1 aromatic heterocycles. The van der Waals surface area contributed by atoms with Crippen LogP contribution in [0.2, 0.25) is 0 Å². The Morgan fingerprint density at radius 3 is 2.77 bits per heavy atom. The molecule has 1 aliphatic heterocycles. The van der Waals surface area contributed by atoms with E-state index in [1.807, 2.05) is 48.2 Å². The summed E-state index contributed by atoms with van der Waals surface area (Å²) >= 11 is 1.60. The number of thioether (sulfide) groups is 1. The number of rotatable bonds is 7. The zero-order chi connectivity index (χ0) is 18.5. The zero-order valence-electron chi connectivity index (χ0n) is 15.1. The number of nitrogens with one attached hydrogen (secondary N) is 1. The van der Waals surface area contributed by atoms with Crippen LogP contribution in [0.25, 0.3) is 0 Å². The first-order chi connectivity index (χ1) is 12.6. The van der Waals surface area contributed by atoms with E-state index in [2.05, 4.69) is 12.2 Å². The number of nitrogens with zero attached hydrogens (tertiary/aromatic N) is 1. The van der Waals surface area contributed by atoms with Gasteiger partial charge in [-0.3, -0.25) is 9.59 Å². The predicted molar refractivity (Wildman–Crippen MR) is 103 cm³/mol. The van der Waals surface area contributed by atoms with E-state index in [1.165, 1.54) is 0 Å². The first kappa shape index (κ1) is 18.6. The van der Waals surface area contributed by atoms with Crippen LogP contribution in [-0.4, -0.2) is 28.5 Å². The van der Waals surface area contributed by atoms with Gasteiger partial charge in [0.05, 0.1) is 18.6 Å². The minimum atomic E-state index is -0.0555. The lowest BCUT2D eigenvalue weighted by molar-refractivity contribution is -0.128. The number of hydrogen-bond donors (Lipinski definition) is 1. The molecule has 0 bridgehead atoms. The van der Waals surface area contributed by atoms with E-state index in [0.717, 1.165) is 24.2 Å². The predicted octanol–water partition coefficient (Wildman–Crippen LogP) is 3.97. The van der Waals surface area contributed by atoms with Crippen molar-refractivity contribution in [2.75, 3.05) is 5.75 Å². The van der Waals surface area contributed by atoms with Crippen LogP contribution in [0, 0.1) is 0 Å².